The Hall–Kier alpha value is -2.15. The van der Waals surface area contributed by atoms with Crippen molar-refractivity contribution in [2.75, 3.05) is 5.75 Å². The van der Waals surface area contributed by atoms with Crippen LogP contribution >= 0.6 is 0 Å². The highest BCUT2D eigenvalue weighted by atomic mass is 32.2. The van der Waals surface area contributed by atoms with E-state index in [2.05, 4.69) is 4.98 Å². The first kappa shape index (κ1) is 13.8. The van der Waals surface area contributed by atoms with Crippen LogP contribution < -0.4 is 5.63 Å². The summed E-state index contributed by atoms with van der Waals surface area (Å²) in [7, 11) is -3.53. The van der Waals surface area contributed by atoms with Gasteiger partial charge in [0.05, 0.1) is 11.1 Å². The second kappa shape index (κ2) is 4.70. The van der Waals surface area contributed by atoms with Crippen molar-refractivity contribution in [2.45, 2.75) is 25.5 Å². The number of hydrogen-bond acceptors (Lipinski definition) is 6. The van der Waals surface area contributed by atoms with Crippen LogP contribution in [0.4, 0.5) is 0 Å². The summed E-state index contributed by atoms with van der Waals surface area (Å²) in [5.74, 6) is -0.0220. The Morgan fingerprint density at radius 1 is 1.19 bits per heavy atom. The molecule has 0 unspecified atom stereocenters. The third-order valence-electron chi connectivity index (χ3n) is 3.18. The van der Waals surface area contributed by atoms with Crippen molar-refractivity contribution in [3.8, 4) is 0 Å². The van der Waals surface area contributed by atoms with Gasteiger partial charge in [-0.2, -0.15) is 4.98 Å². The molecule has 110 valence electrons. The molecule has 0 amide bonds. The summed E-state index contributed by atoms with van der Waals surface area (Å²) in [6.45, 7) is 3.52. The normalized spacial score (nSPS) is 12.3. The molecule has 3 rings (SSSR count). The maximum Gasteiger partial charge on any atom is 0.336 e. The average Bonchev–Trinajstić information content (AvgIpc) is 2.82. The number of fused-ring (bicyclic) bond motifs is 3. The first-order valence-corrected chi connectivity index (χ1v) is 8.14. The van der Waals surface area contributed by atoms with Crippen molar-refractivity contribution >= 4 is 31.9 Å². The second-order valence-corrected chi connectivity index (χ2v) is 6.82. The minimum Gasteiger partial charge on any atom is -0.428 e. The smallest absolute Gasteiger partial charge is 0.336 e. The van der Waals surface area contributed by atoms with E-state index in [1.165, 1.54) is 6.07 Å². The van der Waals surface area contributed by atoms with Crippen LogP contribution in [0.25, 0.3) is 22.1 Å². The van der Waals surface area contributed by atoms with Crippen LogP contribution in [0.3, 0.4) is 0 Å². The van der Waals surface area contributed by atoms with E-state index in [4.69, 9.17) is 8.83 Å². The van der Waals surface area contributed by atoms with Gasteiger partial charge in [-0.15, -0.1) is 0 Å². The molecule has 0 aliphatic heterocycles. The van der Waals surface area contributed by atoms with Crippen molar-refractivity contribution in [1.29, 1.82) is 0 Å². The summed E-state index contributed by atoms with van der Waals surface area (Å²) in [6.07, 6.45) is 0.482. The lowest BCUT2D eigenvalue weighted by molar-refractivity contribution is 0.458. The van der Waals surface area contributed by atoms with Crippen LogP contribution in [-0.2, 0) is 9.84 Å². The van der Waals surface area contributed by atoms with Crippen molar-refractivity contribution in [2.24, 2.45) is 0 Å². The first-order chi connectivity index (χ1) is 9.92. The van der Waals surface area contributed by atoms with Gasteiger partial charge in [0.25, 0.3) is 0 Å². The lowest BCUT2D eigenvalue weighted by atomic mass is 10.1. The lowest BCUT2D eigenvalue weighted by Gasteiger charge is -1.99. The van der Waals surface area contributed by atoms with Gasteiger partial charge in [0, 0.05) is 6.07 Å². The molecule has 2 heterocycles. The topological polar surface area (TPSA) is 90.4 Å². The molecule has 7 heteroatoms. The molecule has 0 saturated carbocycles. The van der Waals surface area contributed by atoms with Gasteiger partial charge in [0.1, 0.15) is 11.1 Å². The predicted octanol–water partition coefficient (Wildman–Crippen LogP) is 2.43. The van der Waals surface area contributed by atoms with Gasteiger partial charge in [-0.25, -0.2) is 13.2 Å². The molecular formula is C14H13NO5S. The van der Waals surface area contributed by atoms with E-state index in [1.807, 2.05) is 0 Å². The summed E-state index contributed by atoms with van der Waals surface area (Å²) in [6, 6.07) is 4.47. The maximum atomic E-state index is 12.0. The summed E-state index contributed by atoms with van der Waals surface area (Å²) in [5.41, 5.74) is 1.32. The summed E-state index contributed by atoms with van der Waals surface area (Å²) >= 11 is 0. The van der Waals surface area contributed by atoms with Gasteiger partial charge in [-0.05, 0) is 31.0 Å². The van der Waals surface area contributed by atoms with Crippen molar-refractivity contribution in [3.05, 3.63) is 34.2 Å². The third kappa shape index (κ3) is 2.23. The summed E-state index contributed by atoms with van der Waals surface area (Å²) < 4.78 is 34.6. The van der Waals surface area contributed by atoms with Crippen molar-refractivity contribution in [1.82, 2.24) is 4.98 Å². The Morgan fingerprint density at radius 3 is 2.62 bits per heavy atom. The number of benzene rings is 1. The second-order valence-electron chi connectivity index (χ2n) is 4.83. The Morgan fingerprint density at radius 2 is 1.90 bits per heavy atom. The number of nitrogens with zero attached hydrogens (tertiary/aromatic N) is 1. The first-order valence-electron chi connectivity index (χ1n) is 6.49. The monoisotopic (exact) mass is 307 g/mol. The number of rotatable bonds is 3. The molecule has 1 aromatic carbocycles. The molecule has 0 N–H and O–H groups in total. The van der Waals surface area contributed by atoms with E-state index in [1.54, 1.807) is 26.0 Å². The largest absolute Gasteiger partial charge is 0.428 e. The molecule has 2 aromatic heterocycles. The number of oxazole rings is 1. The fraction of sp³-hybridized carbons (Fsp3) is 0.286. The molecule has 0 aliphatic rings. The number of sulfone groups is 1. The van der Waals surface area contributed by atoms with Crippen LogP contribution in [0.1, 0.15) is 18.9 Å². The van der Waals surface area contributed by atoms with E-state index < -0.39 is 15.5 Å². The van der Waals surface area contributed by atoms with Gasteiger partial charge < -0.3 is 8.83 Å². The lowest BCUT2D eigenvalue weighted by Crippen LogP contribution is -2.05. The summed E-state index contributed by atoms with van der Waals surface area (Å²) in [5, 5.41) is 0.297. The molecule has 21 heavy (non-hydrogen) atoms. The van der Waals surface area contributed by atoms with E-state index in [9.17, 15) is 13.2 Å². The Kier molecular flexibility index (Phi) is 3.09. The molecule has 0 aliphatic carbocycles. The predicted molar refractivity (Wildman–Crippen MR) is 77.1 cm³/mol. The van der Waals surface area contributed by atoms with Crippen LogP contribution in [0.2, 0.25) is 0 Å². The van der Waals surface area contributed by atoms with Gasteiger partial charge in [0.2, 0.25) is 9.84 Å². The number of aryl methyl sites for hydroxylation is 1. The van der Waals surface area contributed by atoms with Crippen LogP contribution in [0.5, 0.6) is 0 Å². The van der Waals surface area contributed by atoms with E-state index in [0.717, 1.165) is 0 Å². The highest BCUT2D eigenvalue weighted by Gasteiger charge is 2.22. The number of hydrogen-bond donors (Lipinski definition) is 0. The molecule has 0 bridgehead atoms. The fourth-order valence-corrected chi connectivity index (χ4v) is 3.46. The SMILES string of the molecule is CCCS(=O)(=O)c1nc2c(ccc3oc(=O)cc(C)c32)o1. The maximum absolute atomic E-state index is 12.0. The third-order valence-corrected chi connectivity index (χ3v) is 4.83. The average molecular weight is 307 g/mol. The molecule has 0 saturated heterocycles. The van der Waals surface area contributed by atoms with E-state index in [0.29, 0.717) is 34.1 Å². The minimum absolute atomic E-state index is 0.0220. The van der Waals surface area contributed by atoms with Crippen molar-refractivity contribution < 1.29 is 17.3 Å². The Balaban J connectivity index is 2.37. The fourth-order valence-electron chi connectivity index (χ4n) is 2.30. The van der Waals surface area contributed by atoms with Crippen LogP contribution in [0.15, 0.2) is 37.1 Å². The Bertz CT molecular complexity index is 997. The molecular weight excluding hydrogens is 294 g/mol. The molecule has 0 atom stereocenters. The van der Waals surface area contributed by atoms with Gasteiger partial charge in [-0.1, -0.05) is 6.92 Å². The van der Waals surface area contributed by atoms with Crippen LogP contribution in [-0.4, -0.2) is 19.2 Å². The Labute approximate surface area is 120 Å². The van der Waals surface area contributed by atoms with Gasteiger partial charge >= 0.3 is 10.8 Å². The zero-order valence-electron chi connectivity index (χ0n) is 11.5. The highest BCUT2D eigenvalue weighted by Crippen LogP contribution is 2.28. The zero-order chi connectivity index (χ0) is 15.2. The van der Waals surface area contributed by atoms with E-state index >= 15 is 0 Å². The van der Waals surface area contributed by atoms with Gasteiger partial charge in [-0.3, -0.25) is 0 Å². The molecule has 0 fully saturated rings. The molecule has 0 radical (unpaired) electrons. The standard InChI is InChI=1S/C14H13NO5S/c1-3-6-21(17,18)14-15-13-10(20-14)5-4-9-12(13)8(2)7-11(16)19-9/h4-5,7H,3,6H2,1-2H3. The highest BCUT2D eigenvalue weighted by molar-refractivity contribution is 7.91. The van der Waals surface area contributed by atoms with Crippen molar-refractivity contribution in [3.63, 3.8) is 0 Å². The molecule has 6 nitrogen and oxygen atoms in total. The minimum atomic E-state index is -3.53. The van der Waals surface area contributed by atoms with Gasteiger partial charge in [0.15, 0.2) is 5.58 Å². The quantitative estimate of drug-likeness (QED) is 0.690. The number of aromatic nitrogens is 1. The van der Waals surface area contributed by atoms with E-state index in [-0.39, 0.29) is 11.0 Å². The molecule has 3 aromatic rings. The van der Waals surface area contributed by atoms with Crippen LogP contribution in [0, 0.1) is 6.92 Å². The molecule has 0 spiro atoms. The summed E-state index contributed by atoms with van der Waals surface area (Å²) in [4.78, 5) is 15.5. The zero-order valence-corrected chi connectivity index (χ0v) is 12.4.